The fraction of sp³-hybridized carbons (Fsp3) is 0.310. The third-order valence-electron chi connectivity index (χ3n) is 7.59. The van der Waals surface area contributed by atoms with Crippen LogP contribution in [0.5, 0.6) is 5.75 Å². The molecule has 4 aromatic rings. The van der Waals surface area contributed by atoms with Crippen molar-refractivity contribution in [2.75, 3.05) is 32.1 Å². The molecule has 1 saturated carbocycles. The number of hydrogen-bond acceptors (Lipinski definition) is 9. The minimum absolute atomic E-state index is 0.123. The summed E-state index contributed by atoms with van der Waals surface area (Å²) in [7, 11) is 1.32. The lowest BCUT2D eigenvalue weighted by molar-refractivity contribution is -0.116. The molecule has 1 spiro atoms. The van der Waals surface area contributed by atoms with Gasteiger partial charge in [0.1, 0.15) is 17.9 Å². The molecule has 2 aromatic carbocycles. The average molecular weight is 604 g/mol. The molecule has 6 rings (SSSR count). The smallest absolute Gasteiger partial charge is 0.411 e. The molecule has 43 heavy (non-hydrogen) atoms. The number of H-pyrrole nitrogens is 1. The van der Waals surface area contributed by atoms with Gasteiger partial charge in [-0.3, -0.25) is 10.1 Å². The van der Waals surface area contributed by atoms with Crippen LogP contribution in [-0.2, 0) is 14.9 Å². The summed E-state index contributed by atoms with van der Waals surface area (Å²) in [5.74, 6) is 1.17. The van der Waals surface area contributed by atoms with Gasteiger partial charge in [0.05, 0.1) is 36.7 Å². The summed E-state index contributed by atoms with van der Waals surface area (Å²) < 4.78 is 12.3. The highest BCUT2D eigenvalue weighted by Gasteiger charge is 2.58. The van der Waals surface area contributed by atoms with Crippen LogP contribution in [0.15, 0.2) is 55.0 Å². The van der Waals surface area contributed by atoms with Crippen LogP contribution in [0, 0.1) is 0 Å². The summed E-state index contributed by atoms with van der Waals surface area (Å²) in [4.78, 5) is 33.0. The lowest BCUT2D eigenvalue weighted by Gasteiger charge is -2.16. The highest BCUT2D eigenvalue weighted by Crippen LogP contribution is 2.47. The first kappa shape index (κ1) is 28.4. The molecule has 2 unspecified atom stereocenters. The number of ether oxygens (including phenoxy) is 2. The van der Waals surface area contributed by atoms with E-state index in [9.17, 15) is 9.59 Å². The van der Waals surface area contributed by atoms with Crippen LogP contribution in [0.1, 0.15) is 30.7 Å². The van der Waals surface area contributed by atoms with E-state index in [1.807, 2.05) is 6.07 Å². The van der Waals surface area contributed by atoms with E-state index in [0.29, 0.717) is 40.9 Å². The number of carbonyl (C=O) groups excluding carboxylic acids is 2. The van der Waals surface area contributed by atoms with Gasteiger partial charge < -0.3 is 25.1 Å². The molecule has 14 heteroatoms. The van der Waals surface area contributed by atoms with Crippen LogP contribution in [-0.4, -0.2) is 75.0 Å². The molecule has 1 aliphatic carbocycles. The minimum Gasteiger partial charge on any atom is -0.493 e. The topological polar surface area (TPSA) is 161 Å². The quantitative estimate of drug-likeness (QED) is 0.250. The van der Waals surface area contributed by atoms with Crippen molar-refractivity contribution in [3.8, 4) is 22.7 Å². The maximum Gasteiger partial charge on any atom is 0.411 e. The first-order valence-corrected chi connectivity index (χ1v) is 14.2. The monoisotopic (exact) mass is 603 g/mol. The third kappa shape index (κ3) is 6.22. The SMILES string of the molecule is COC(=O)Nc1ccc2c(c1)OCCCCNCC1(CC1NC(=O)/C=C/c1cc(Cl)ccc1-n1cnnn1)c1ncc-2[nH]1. The Morgan fingerprint density at radius 3 is 2.98 bits per heavy atom. The van der Waals surface area contributed by atoms with Gasteiger partial charge in [0.2, 0.25) is 5.91 Å². The van der Waals surface area contributed by atoms with Crippen molar-refractivity contribution in [1.29, 1.82) is 0 Å². The molecule has 2 amide bonds. The number of aromatic nitrogens is 6. The zero-order chi connectivity index (χ0) is 29.8. The van der Waals surface area contributed by atoms with Crippen LogP contribution >= 0.6 is 11.6 Å². The predicted molar refractivity (Wildman–Crippen MR) is 159 cm³/mol. The molecule has 1 aliphatic heterocycles. The predicted octanol–water partition coefficient (Wildman–Crippen LogP) is 3.49. The number of carbonyl (C=O) groups is 2. The number of nitrogens with one attached hydrogen (secondary N) is 4. The summed E-state index contributed by atoms with van der Waals surface area (Å²) in [5, 5.41) is 21.2. The Labute approximate surface area is 252 Å². The highest BCUT2D eigenvalue weighted by atomic mass is 35.5. The Balaban J connectivity index is 1.21. The second kappa shape index (κ2) is 12.2. The number of tetrazole rings is 1. The summed E-state index contributed by atoms with van der Waals surface area (Å²) in [6.45, 7) is 1.97. The molecule has 222 valence electrons. The van der Waals surface area contributed by atoms with Crippen LogP contribution in [0.2, 0.25) is 5.02 Å². The van der Waals surface area contributed by atoms with E-state index < -0.39 is 11.5 Å². The van der Waals surface area contributed by atoms with Gasteiger partial charge in [0.25, 0.3) is 0 Å². The largest absolute Gasteiger partial charge is 0.493 e. The van der Waals surface area contributed by atoms with E-state index in [1.54, 1.807) is 42.6 Å². The van der Waals surface area contributed by atoms with E-state index in [2.05, 4.69) is 36.5 Å². The van der Waals surface area contributed by atoms with Crippen molar-refractivity contribution in [2.45, 2.75) is 30.7 Å². The average Bonchev–Trinajstić information content (AvgIpc) is 3.37. The van der Waals surface area contributed by atoms with Gasteiger partial charge in [-0.25, -0.2) is 9.78 Å². The second-order valence-corrected chi connectivity index (χ2v) is 10.9. The van der Waals surface area contributed by atoms with Crippen molar-refractivity contribution in [1.82, 2.24) is 40.8 Å². The Kier molecular flexibility index (Phi) is 8.07. The van der Waals surface area contributed by atoms with E-state index in [-0.39, 0.29) is 11.9 Å². The van der Waals surface area contributed by atoms with Gasteiger partial charge in [-0.05, 0) is 72.6 Å². The molecule has 0 radical (unpaired) electrons. The fourth-order valence-electron chi connectivity index (χ4n) is 5.23. The Hall–Kier alpha value is -4.75. The highest BCUT2D eigenvalue weighted by molar-refractivity contribution is 6.30. The summed E-state index contributed by atoms with van der Waals surface area (Å²) in [6, 6.07) is 10.6. The fourth-order valence-corrected chi connectivity index (χ4v) is 5.41. The second-order valence-electron chi connectivity index (χ2n) is 10.4. The molecule has 1 fully saturated rings. The van der Waals surface area contributed by atoms with Crippen LogP contribution in [0.25, 0.3) is 23.0 Å². The lowest BCUT2D eigenvalue weighted by Crippen LogP contribution is -2.37. The first-order chi connectivity index (χ1) is 20.9. The number of imidazole rings is 1. The lowest BCUT2D eigenvalue weighted by atomic mass is 10.1. The van der Waals surface area contributed by atoms with Gasteiger partial charge in [-0.1, -0.05) is 11.6 Å². The Bertz CT molecular complexity index is 1660. The van der Waals surface area contributed by atoms with Crippen LogP contribution in [0.4, 0.5) is 10.5 Å². The first-order valence-electron chi connectivity index (χ1n) is 13.8. The van der Waals surface area contributed by atoms with E-state index in [1.165, 1.54) is 24.2 Å². The number of benzene rings is 2. The molecule has 2 aliphatic rings. The van der Waals surface area contributed by atoms with Gasteiger partial charge in [-0.15, -0.1) is 5.10 Å². The van der Waals surface area contributed by atoms with Crippen LogP contribution < -0.4 is 20.7 Å². The number of fused-ring (bicyclic) bond motifs is 5. The summed E-state index contributed by atoms with van der Waals surface area (Å²) in [6.07, 6.45) is 8.37. The normalized spacial score (nSPS) is 19.8. The number of anilines is 1. The van der Waals surface area contributed by atoms with Gasteiger partial charge in [-0.2, -0.15) is 4.68 Å². The van der Waals surface area contributed by atoms with E-state index in [4.69, 9.17) is 26.1 Å². The van der Waals surface area contributed by atoms with Crippen molar-refractivity contribution in [3.63, 3.8) is 0 Å². The molecule has 2 bridgehead atoms. The maximum absolute atomic E-state index is 13.1. The molecular formula is C29H30ClN9O4. The molecule has 2 aromatic heterocycles. The van der Waals surface area contributed by atoms with Crippen molar-refractivity contribution in [2.24, 2.45) is 0 Å². The number of nitrogens with zero attached hydrogens (tertiary/aromatic N) is 5. The Morgan fingerprint density at radius 2 is 2.14 bits per heavy atom. The van der Waals surface area contributed by atoms with Crippen LogP contribution in [0.3, 0.4) is 0 Å². The van der Waals surface area contributed by atoms with Gasteiger partial charge >= 0.3 is 6.09 Å². The van der Waals surface area contributed by atoms with Gasteiger partial charge in [0, 0.05) is 46.6 Å². The molecule has 3 heterocycles. The number of halogens is 1. The minimum atomic E-state index is -0.557. The molecule has 0 saturated heterocycles. The Morgan fingerprint density at radius 1 is 1.23 bits per heavy atom. The number of hydrogen-bond donors (Lipinski definition) is 4. The number of amides is 2. The van der Waals surface area contributed by atoms with Crippen molar-refractivity contribution >= 4 is 35.4 Å². The number of methoxy groups -OCH3 is 1. The summed E-state index contributed by atoms with van der Waals surface area (Å²) in [5.41, 5.74) is 3.17. The maximum atomic E-state index is 13.1. The molecule has 2 atom stereocenters. The van der Waals surface area contributed by atoms with Crippen molar-refractivity contribution < 1.29 is 19.1 Å². The van der Waals surface area contributed by atoms with E-state index >= 15 is 0 Å². The third-order valence-corrected chi connectivity index (χ3v) is 7.82. The van der Waals surface area contributed by atoms with Crippen molar-refractivity contribution in [3.05, 3.63) is 71.4 Å². The molecule has 4 N–H and O–H groups in total. The number of aromatic amines is 1. The standard InChI is InChI=1S/C29H30ClN9O4/c1-42-28(41)34-20-6-7-21-22-15-32-27(35-22)29(16-31-10-2-3-11-43-24(21)13-20)14-25(29)36-26(40)9-4-18-12-19(30)5-8-23(18)39-17-33-37-38-39/h4-9,12-13,15,17,25,31H,2-3,10-11,14,16H2,1H3,(H,32,35)(H,34,41)(H,36,40)/b9-4+. The molecule has 13 nitrogen and oxygen atoms in total. The zero-order valence-corrected chi connectivity index (χ0v) is 24.1. The number of rotatable bonds is 5. The van der Waals surface area contributed by atoms with E-state index in [0.717, 1.165) is 42.9 Å². The molecular weight excluding hydrogens is 574 g/mol. The summed E-state index contributed by atoms with van der Waals surface area (Å²) >= 11 is 6.22. The van der Waals surface area contributed by atoms with Gasteiger partial charge in [0.15, 0.2) is 0 Å². The zero-order valence-electron chi connectivity index (χ0n) is 23.3.